The fourth-order valence-electron chi connectivity index (χ4n) is 3.23. The number of halogens is 1. The Balaban J connectivity index is 1.93. The van der Waals surface area contributed by atoms with E-state index in [2.05, 4.69) is 40.6 Å². The summed E-state index contributed by atoms with van der Waals surface area (Å²) >= 11 is 3.49. The fraction of sp³-hybridized carbons (Fsp3) is 0.611. The molecule has 0 saturated carbocycles. The maximum absolute atomic E-state index is 12.4. The summed E-state index contributed by atoms with van der Waals surface area (Å²) in [4.78, 5) is 15.2. The lowest BCUT2D eigenvalue weighted by Crippen LogP contribution is -2.23. The van der Waals surface area contributed by atoms with E-state index in [0.717, 1.165) is 22.3 Å². The van der Waals surface area contributed by atoms with Crippen LogP contribution in [0, 0.1) is 5.92 Å². The largest absolute Gasteiger partial charge is 0.387 e. The first-order valence-electron chi connectivity index (χ1n) is 9.02. The summed E-state index contributed by atoms with van der Waals surface area (Å²) in [5.41, 5.74) is 1.05. The molecule has 0 aromatic carbocycles. The Hall–Kier alpha value is -0.933. The zero-order chi connectivity index (χ0) is 18.9. The summed E-state index contributed by atoms with van der Waals surface area (Å²) in [6.07, 6.45) is 1.77. The smallest absolute Gasteiger partial charge is 0.272 e. The van der Waals surface area contributed by atoms with Gasteiger partial charge < -0.3 is 24.1 Å². The van der Waals surface area contributed by atoms with Gasteiger partial charge in [0.15, 0.2) is 0 Å². The molecule has 1 aliphatic heterocycles. The lowest BCUT2D eigenvalue weighted by molar-refractivity contribution is 0.0606. The zero-order valence-electron chi connectivity index (χ0n) is 15.5. The first-order valence-corrected chi connectivity index (χ1v) is 13.5. The van der Waals surface area contributed by atoms with E-state index in [1.807, 2.05) is 10.6 Å². The molecule has 6 nitrogen and oxygen atoms in total. The Morgan fingerprint density at radius 1 is 1.50 bits per heavy atom. The molecule has 144 valence electrons. The molecule has 2 N–H and O–H groups in total. The van der Waals surface area contributed by atoms with Crippen molar-refractivity contribution in [2.24, 2.45) is 5.92 Å². The molecule has 2 aromatic heterocycles. The second-order valence-electron chi connectivity index (χ2n) is 8.14. The Morgan fingerprint density at radius 3 is 2.92 bits per heavy atom. The molecule has 3 rings (SSSR count). The second kappa shape index (κ2) is 7.98. The van der Waals surface area contributed by atoms with E-state index in [1.54, 1.807) is 6.20 Å². The Kier molecular flexibility index (Phi) is 6.08. The molecule has 1 fully saturated rings. The first kappa shape index (κ1) is 19.8. The minimum absolute atomic E-state index is 0.0397. The normalized spacial score (nSPS) is 19.3. The molecule has 0 spiro atoms. The second-order valence-corrected chi connectivity index (χ2v) is 14.6. The maximum atomic E-state index is 12.4. The van der Waals surface area contributed by atoms with Crippen LogP contribution in [0.3, 0.4) is 0 Å². The minimum atomic E-state index is -1.18. The number of aromatic amines is 1. The third kappa shape index (κ3) is 4.31. The fourth-order valence-corrected chi connectivity index (χ4v) is 4.41. The van der Waals surface area contributed by atoms with Crippen LogP contribution in [0.15, 0.2) is 21.5 Å². The SMILES string of the molecule is C[Si](C)(C)CCOCn1c(C(O)C2CCOC2)cc2c(Br)c[nH]c(=O)c21. The Bertz CT molecular complexity index is 821. The van der Waals surface area contributed by atoms with E-state index >= 15 is 0 Å². The minimum Gasteiger partial charge on any atom is -0.387 e. The number of fused-ring (bicyclic) bond motifs is 1. The summed E-state index contributed by atoms with van der Waals surface area (Å²) in [5, 5.41) is 11.7. The van der Waals surface area contributed by atoms with Crippen molar-refractivity contribution in [1.82, 2.24) is 9.55 Å². The van der Waals surface area contributed by atoms with E-state index < -0.39 is 14.2 Å². The lowest BCUT2D eigenvalue weighted by Gasteiger charge is -2.20. The average molecular weight is 443 g/mol. The number of nitrogens with one attached hydrogen (secondary N) is 1. The van der Waals surface area contributed by atoms with Crippen molar-refractivity contribution >= 4 is 34.9 Å². The van der Waals surface area contributed by atoms with Crippen LogP contribution in [0.5, 0.6) is 0 Å². The number of H-pyrrole nitrogens is 1. The van der Waals surface area contributed by atoms with Gasteiger partial charge in [-0.2, -0.15) is 0 Å². The highest BCUT2D eigenvalue weighted by Crippen LogP contribution is 2.33. The van der Waals surface area contributed by atoms with Gasteiger partial charge in [0.1, 0.15) is 12.2 Å². The van der Waals surface area contributed by atoms with E-state index in [0.29, 0.717) is 31.0 Å². The molecule has 0 amide bonds. The highest BCUT2D eigenvalue weighted by atomic mass is 79.9. The zero-order valence-corrected chi connectivity index (χ0v) is 18.1. The van der Waals surface area contributed by atoms with Crippen molar-refractivity contribution < 1.29 is 14.6 Å². The predicted octanol–water partition coefficient (Wildman–Crippen LogP) is 3.47. The van der Waals surface area contributed by atoms with Crippen LogP contribution in [0.4, 0.5) is 0 Å². The van der Waals surface area contributed by atoms with E-state index in [-0.39, 0.29) is 18.2 Å². The first-order chi connectivity index (χ1) is 12.3. The van der Waals surface area contributed by atoms with E-state index in [4.69, 9.17) is 9.47 Å². The lowest BCUT2D eigenvalue weighted by atomic mass is 9.99. The maximum Gasteiger partial charge on any atom is 0.272 e. The number of hydrogen-bond donors (Lipinski definition) is 2. The summed E-state index contributed by atoms with van der Waals surface area (Å²) in [7, 11) is -1.18. The number of ether oxygens (including phenoxy) is 2. The monoisotopic (exact) mass is 442 g/mol. The average Bonchev–Trinajstić information content (AvgIpc) is 3.22. The summed E-state index contributed by atoms with van der Waals surface area (Å²) in [6, 6.07) is 2.94. The molecule has 8 heteroatoms. The number of aliphatic hydroxyl groups excluding tert-OH is 1. The van der Waals surface area contributed by atoms with Gasteiger partial charge in [-0.25, -0.2) is 0 Å². The molecule has 0 bridgehead atoms. The van der Waals surface area contributed by atoms with Gasteiger partial charge in [0, 0.05) is 43.3 Å². The molecule has 0 aliphatic carbocycles. The molecule has 2 unspecified atom stereocenters. The van der Waals surface area contributed by atoms with Crippen LogP contribution in [0.2, 0.25) is 25.7 Å². The summed E-state index contributed by atoms with van der Waals surface area (Å²) in [5.74, 6) is 0.0397. The van der Waals surface area contributed by atoms with Crippen LogP contribution in [-0.4, -0.2) is 42.6 Å². The van der Waals surface area contributed by atoms with Crippen LogP contribution >= 0.6 is 15.9 Å². The molecule has 0 radical (unpaired) electrons. The van der Waals surface area contributed by atoms with Gasteiger partial charge >= 0.3 is 0 Å². The van der Waals surface area contributed by atoms with Crippen molar-refractivity contribution in [3.63, 3.8) is 0 Å². The highest BCUT2D eigenvalue weighted by molar-refractivity contribution is 9.10. The number of rotatable bonds is 7. The van der Waals surface area contributed by atoms with Gasteiger partial charge in [0.05, 0.1) is 18.4 Å². The molecular weight excluding hydrogens is 416 g/mol. The van der Waals surface area contributed by atoms with Gasteiger partial charge in [-0.1, -0.05) is 19.6 Å². The predicted molar refractivity (Wildman–Crippen MR) is 108 cm³/mol. The Labute approximate surface area is 162 Å². The third-order valence-electron chi connectivity index (χ3n) is 4.86. The molecule has 3 heterocycles. The van der Waals surface area contributed by atoms with Crippen molar-refractivity contribution in [3.05, 3.63) is 32.8 Å². The van der Waals surface area contributed by atoms with Crippen molar-refractivity contribution in [1.29, 1.82) is 0 Å². The van der Waals surface area contributed by atoms with Gasteiger partial charge in [-0.15, -0.1) is 0 Å². The molecular formula is C18H27BrN2O4Si. The number of aromatic nitrogens is 2. The van der Waals surface area contributed by atoms with Crippen LogP contribution in [-0.2, 0) is 16.2 Å². The van der Waals surface area contributed by atoms with Crippen LogP contribution < -0.4 is 5.56 Å². The van der Waals surface area contributed by atoms with Crippen molar-refractivity contribution in [2.75, 3.05) is 19.8 Å². The number of hydrogen-bond acceptors (Lipinski definition) is 4. The molecule has 2 aromatic rings. The topological polar surface area (TPSA) is 76.5 Å². The van der Waals surface area contributed by atoms with Gasteiger partial charge in [-0.05, 0) is 34.5 Å². The number of nitrogens with zero attached hydrogens (tertiary/aromatic N) is 1. The van der Waals surface area contributed by atoms with E-state index in [1.165, 1.54) is 0 Å². The molecule has 2 atom stereocenters. The van der Waals surface area contributed by atoms with Gasteiger partial charge in [-0.3, -0.25) is 4.79 Å². The summed E-state index contributed by atoms with van der Waals surface area (Å²) in [6.45, 7) is 9.03. The van der Waals surface area contributed by atoms with Gasteiger partial charge in [0.2, 0.25) is 0 Å². The number of aliphatic hydroxyl groups is 1. The molecule has 1 saturated heterocycles. The van der Waals surface area contributed by atoms with E-state index in [9.17, 15) is 9.90 Å². The number of pyridine rings is 1. The summed E-state index contributed by atoms with van der Waals surface area (Å²) < 4.78 is 13.9. The van der Waals surface area contributed by atoms with Crippen LogP contribution in [0.1, 0.15) is 18.2 Å². The quantitative estimate of drug-likeness (QED) is 0.508. The molecule has 1 aliphatic rings. The van der Waals surface area contributed by atoms with Crippen molar-refractivity contribution in [2.45, 2.75) is 44.9 Å². The van der Waals surface area contributed by atoms with Gasteiger partial charge in [0.25, 0.3) is 5.56 Å². The van der Waals surface area contributed by atoms with Crippen LogP contribution in [0.25, 0.3) is 10.9 Å². The molecule has 26 heavy (non-hydrogen) atoms. The highest BCUT2D eigenvalue weighted by Gasteiger charge is 2.29. The Morgan fingerprint density at radius 2 is 2.27 bits per heavy atom. The van der Waals surface area contributed by atoms with Crippen molar-refractivity contribution in [3.8, 4) is 0 Å². The third-order valence-corrected chi connectivity index (χ3v) is 7.22. The standard InChI is InChI=1S/C18H27BrN2O4Si/c1-26(2,3)7-6-25-11-21-15(17(22)12-4-5-24-10-12)8-13-14(19)9-20-18(23)16(13)21/h8-9,12,17,22H,4-7,10-11H2,1-3H3,(H,20,23).